The zero-order valence-corrected chi connectivity index (χ0v) is 12.1. The summed E-state index contributed by atoms with van der Waals surface area (Å²) < 4.78 is 4.79. The lowest BCUT2D eigenvalue weighted by Gasteiger charge is -2.22. The summed E-state index contributed by atoms with van der Waals surface area (Å²) in [5.41, 5.74) is 0.234. The average Bonchev–Trinajstić information content (AvgIpc) is 2.46. The van der Waals surface area contributed by atoms with Crippen LogP contribution in [0.2, 0.25) is 0 Å². The van der Waals surface area contributed by atoms with Crippen molar-refractivity contribution in [3.8, 4) is 0 Å². The third kappa shape index (κ3) is 4.20. The molecule has 0 aliphatic rings. The van der Waals surface area contributed by atoms with Crippen molar-refractivity contribution in [2.75, 3.05) is 18.6 Å². The normalized spacial score (nSPS) is 11.4. The molecular weight excluding hydrogens is 276 g/mol. The van der Waals surface area contributed by atoms with Gasteiger partial charge in [-0.1, -0.05) is 12.1 Å². The number of aromatic carboxylic acids is 1. The Labute approximate surface area is 122 Å². The fourth-order valence-electron chi connectivity index (χ4n) is 1.66. The molecule has 1 rings (SSSR count). The number of rotatable bonds is 5. The molecule has 1 atom stereocenters. The van der Waals surface area contributed by atoms with Gasteiger partial charge >= 0.3 is 18.0 Å². The summed E-state index contributed by atoms with van der Waals surface area (Å²) in [5, 5.41) is 11.6. The number of carbonyl (C=O) groups excluding carboxylic acids is 2. The number of para-hydroxylation sites is 1. The van der Waals surface area contributed by atoms with Gasteiger partial charge in [-0.2, -0.15) is 0 Å². The number of carboxylic acid groups (broad SMARTS) is 1. The maximum absolute atomic E-state index is 12.1. The number of hydrogen-bond donors (Lipinski definition) is 2. The highest BCUT2D eigenvalue weighted by Crippen LogP contribution is 2.19. The molecular formula is C14H18N2O5. The highest BCUT2D eigenvalue weighted by Gasteiger charge is 2.22. The zero-order chi connectivity index (χ0) is 16.0. The number of hydrogen-bond acceptors (Lipinski definition) is 4. The third-order valence-corrected chi connectivity index (χ3v) is 2.78. The quantitative estimate of drug-likeness (QED) is 0.802. The van der Waals surface area contributed by atoms with Gasteiger partial charge in [-0.15, -0.1) is 0 Å². The van der Waals surface area contributed by atoms with Crippen molar-refractivity contribution in [2.24, 2.45) is 0 Å². The van der Waals surface area contributed by atoms with Crippen molar-refractivity contribution in [2.45, 2.75) is 19.9 Å². The van der Waals surface area contributed by atoms with Gasteiger partial charge in [0, 0.05) is 7.05 Å². The Morgan fingerprint density at radius 1 is 1.33 bits per heavy atom. The number of benzene rings is 1. The predicted octanol–water partition coefficient (Wildman–Crippen LogP) is 1.48. The van der Waals surface area contributed by atoms with Crippen LogP contribution in [0, 0.1) is 0 Å². The van der Waals surface area contributed by atoms with Gasteiger partial charge in [0.1, 0.15) is 6.04 Å². The minimum absolute atomic E-state index is 0.000984. The lowest BCUT2D eigenvalue weighted by Crippen LogP contribution is -2.46. The lowest BCUT2D eigenvalue weighted by atomic mass is 10.1. The van der Waals surface area contributed by atoms with E-state index >= 15 is 0 Å². The molecule has 1 aromatic carbocycles. The van der Waals surface area contributed by atoms with Crippen molar-refractivity contribution >= 4 is 23.7 Å². The van der Waals surface area contributed by atoms with Gasteiger partial charge in [0.15, 0.2) is 0 Å². The lowest BCUT2D eigenvalue weighted by molar-refractivity contribution is -0.144. The summed E-state index contributed by atoms with van der Waals surface area (Å²) in [6.45, 7) is 3.38. The number of ether oxygens (including phenoxy) is 1. The van der Waals surface area contributed by atoms with Crippen LogP contribution in [0.25, 0.3) is 0 Å². The minimum atomic E-state index is -1.14. The topological polar surface area (TPSA) is 95.9 Å². The Bertz CT molecular complexity index is 544. The van der Waals surface area contributed by atoms with Gasteiger partial charge in [-0.05, 0) is 26.0 Å². The summed E-state index contributed by atoms with van der Waals surface area (Å²) in [5.74, 6) is -1.69. The van der Waals surface area contributed by atoms with Crippen LogP contribution in [0.1, 0.15) is 24.2 Å². The van der Waals surface area contributed by atoms with Gasteiger partial charge in [0.2, 0.25) is 0 Å². The van der Waals surface area contributed by atoms with Crippen LogP contribution in [-0.4, -0.2) is 42.8 Å². The fourth-order valence-corrected chi connectivity index (χ4v) is 1.66. The average molecular weight is 294 g/mol. The number of urea groups is 1. The SMILES string of the molecule is CCOC(=O)C(C)NC(=O)N(C)c1ccccc1C(=O)O. The van der Waals surface area contributed by atoms with Crippen LogP contribution in [-0.2, 0) is 9.53 Å². The molecule has 2 N–H and O–H groups in total. The fraction of sp³-hybridized carbons (Fsp3) is 0.357. The molecule has 0 bridgehead atoms. The molecule has 0 heterocycles. The van der Waals surface area contributed by atoms with E-state index in [4.69, 9.17) is 9.84 Å². The molecule has 0 aliphatic carbocycles. The van der Waals surface area contributed by atoms with E-state index in [0.29, 0.717) is 0 Å². The summed E-state index contributed by atoms with van der Waals surface area (Å²) in [4.78, 5) is 35.8. The van der Waals surface area contributed by atoms with Crippen LogP contribution < -0.4 is 10.2 Å². The standard InChI is InChI=1S/C14H18N2O5/c1-4-21-13(19)9(2)15-14(20)16(3)11-8-6-5-7-10(11)12(17)18/h5-9H,4H2,1-3H3,(H,15,20)(H,17,18). The molecule has 7 nitrogen and oxygen atoms in total. The number of esters is 1. The number of amides is 2. The molecule has 2 amide bonds. The zero-order valence-electron chi connectivity index (χ0n) is 12.1. The first-order chi connectivity index (χ1) is 9.88. The van der Waals surface area contributed by atoms with Gasteiger partial charge in [-0.3, -0.25) is 4.90 Å². The van der Waals surface area contributed by atoms with E-state index < -0.39 is 24.0 Å². The van der Waals surface area contributed by atoms with Crippen molar-refractivity contribution in [3.63, 3.8) is 0 Å². The van der Waals surface area contributed by atoms with E-state index in [-0.39, 0.29) is 17.9 Å². The van der Waals surface area contributed by atoms with Crippen molar-refractivity contribution in [3.05, 3.63) is 29.8 Å². The molecule has 0 saturated carbocycles. The molecule has 0 saturated heterocycles. The molecule has 1 unspecified atom stereocenters. The summed E-state index contributed by atoms with van der Waals surface area (Å²) in [6, 6.07) is 4.69. The Kier molecular flexibility index (Phi) is 5.71. The first kappa shape index (κ1) is 16.5. The highest BCUT2D eigenvalue weighted by atomic mass is 16.5. The van der Waals surface area contributed by atoms with Gasteiger partial charge < -0.3 is 15.2 Å². The highest BCUT2D eigenvalue weighted by molar-refractivity contribution is 6.01. The van der Waals surface area contributed by atoms with Crippen LogP contribution in [0.4, 0.5) is 10.5 Å². The third-order valence-electron chi connectivity index (χ3n) is 2.78. The molecule has 0 aliphatic heterocycles. The number of carboxylic acids is 1. The largest absolute Gasteiger partial charge is 0.478 e. The number of anilines is 1. The number of nitrogens with zero attached hydrogens (tertiary/aromatic N) is 1. The van der Waals surface area contributed by atoms with E-state index in [1.165, 1.54) is 26.1 Å². The van der Waals surface area contributed by atoms with Gasteiger partial charge in [0.05, 0.1) is 17.9 Å². The molecule has 0 aromatic heterocycles. The Balaban J connectivity index is 2.84. The first-order valence-corrected chi connectivity index (χ1v) is 6.41. The Morgan fingerprint density at radius 2 is 1.95 bits per heavy atom. The summed E-state index contributed by atoms with van der Waals surface area (Å²) in [7, 11) is 1.43. The van der Waals surface area contributed by atoms with E-state index in [1.807, 2.05) is 0 Å². The van der Waals surface area contributed by atoms with E-state index in [0.717, 1.165) is 4.90 Å². The molecule has 1 aromatic rings. The summed E-state index contributed by atoms with van der Waals surface area (Å²) in [6.07, 6.45) is 0. The predicted molar refractivity (Wildman–Crippen MR) is 76.4 cm³/mol. The molecule has 0 spiro atoms. The Morgan fingerprint density at radius 3 is 2.52 bits per heavy atom. The van der Waals surface area contributed by atoms with Crippen LogP contribution in [0.5, 0.6) is 0 Å². The van der Waals surface area contributed by atoms with Crippen LogP contribution >= 0.6 is 0 Å². The minimum Gasteiger partial charge on any atom is -0.478 e. The second-order valence-electron chi connectivity index (χ2n) is 4.30. The maximum Gasteiger partial charge on any atom is 0.337 e. The van der Waals surface area contributed by atoms with Crippen molar-refractivity contribution < 1.29 is 24.2 Å². The second kappa shape index (κ2) is 7.28. The Hall–Kier alpha value is -2.57. The van der Waals surface area contributed by atoms with Crippen LogP contribution in [0.3, 0.4) is 0 Å². The molecule has 0 fully saturated rings. The van der Waals surface area contributed by atoms with Gasteiger partial charge in [-0.25, -0.2) is 14.4 Å². The van der Waals surface area contributed by atoms with Gasteiger partial charge in [0.25, 0.3) is 0 Å². The monoisotopic (exact) mass is 294 g/mol. The van der Waals surface area contributed by atoms with E-state index in [2.05, 4.69) is 5.32 Å². The van der Waals surface area contributed by atoms with E-state index in [1.54, 1.807) is 19.1 Å². The molecule has 0 radical (unpaired) electrons. The number of nitrogens with one attached hydrogen (secondary N) is 1. The second-order valence-corrected chi connectivity index (χ2v) is 4.30. The number of carbonyl (C=O) groups is 3. The van der Waals surface area contributed by atoms with Crippen molar-refractivity contribution in [1.82, 2.24) is 5.32 Å². The molecule has 7 heteroatoms. The van der Waals surface area contributed by atoms with E-state index in [9.17, 15) is 14.4 Å². The van der Waals surface area contributed by atoms with Crippen molar-refractivity contribution in [1.29, 1.82) is 0 Å². The summed E-state index contributed by atoms with van der Waals surface area (Å²) >= 11 is 0. The first-order valence-electron chi connectivity index (χ1n) is 6.41. The van der Waals surface area contributed by atoms with Crippen LogP contribution in [0.15, 0.2) is 24.3 Å². The smallest absolute Gasteiger partial charge is 0.337 e. The maximum atomic E-state index is 12.1. The molecule has 114 valence electrons. The molecule has 21 heavy (non-hydrogen) atoms.